The van der Waals surface area contributed by atoms with Crippen LogP contribution >= 0.6 is 7.82 Å². The third-order valence-corrected chi connectivity index (χ3v) is 29.9. The molecule has 3 aliphatic heterocycles. The van der Waals surface area contributed by atoms with Crippen molar-refractivity contribution in [2.75, 3.05) is 72.7 Å². The maximum atomic E-state index is 14.2. The second-order valence-corrected chi connectivity index (χ2v) is 46.9. The summed E-state index contributed by atoms with van der Waals surface area (Å²) < 4.78 is 126. The molecule has 0 spiro atoms. The second kappa shape index (κ2) is 71.7. The Hall–Kier alpha value is -0.740. The molecule has 30 atom stereocenters. The second-order valence-electron chi connectivity index (χ2n) is 44.4. The zero-order chi connectivity index (χ0) is 98.3. The lowest BCUT2D eigenvalue weighted by molar-refractivity contribution is -0.373. The Morgan fingerprint density at radius 1 is 0.295 bits per heavy atom. The van der Waals surface area contributed by atoms with E-state index in [2.05, 4.69) is 143 Å². The monoisotopic (exact) mass is 1930 g/mol. The molecule has 0 aromatic heterocycles. The van der Waals surface area contributed by atoms with Gasteiger partial charge in [-0.05, 0) is 120 Å². The van der Waals surface area contributed by atoms with Crippen LogP contribution in [-0.4, -0.2) is 236 Å². The molecular formula is C104H205O26PS. The number of rotatable bonds is 83. The van der Waals surface area contributed by atoms with E-state index in [1.807, 2.05) is 0 Å². The highest BCUT2D eigenvalue weighted by Crippen LogP contribution is 2.45. The molecule has 0 aliphatic carbocycles. The van der Waals surface area contributed by atoms with E-state index in [-0.39, 0.29) is 19.8 Å². The van der Waals surface area contributed by atoms with Gasteiger partial charge in [-0.15, -0.1) is 0 Å². The van der Waals surface area contributed by atoms with Crippen LogP contribution < -0.4 is 0 Å². The Balaban J connectivity index is 1.91. The van der Waals surface area contributed by atoms with Gasteiger partial charge in [-0.25, -0.2) is 8.75 Å². The van der Waals surface area contributed by atoms with Crippen LogP contribution in [0.15, 0.2) is 0 Å². The van der Waals surface area contributed by atoms with Crippen LogP contribution in [0.3, 0.4) is 0 Å². The lowest BCUT2D eigenvalue weighted by Gasteiger charge is -2.46. The molecular weight excluding hydrogens is 1730 g/mol. The standard InChI is InChI=1S/C104H205O26PS/c1-72(2)33-21-37-76(9)41-25-45-80(13)49-29-53-84(17)57-61-118-66-88(120-63-59-86(19)55-31-51-82(15)47-27-43-78(11)39-23-35-74(5)6)68-122-104-101(129-103-98(111)96(109)93(106)91(127-103)70-123-102-99(112)100(130-132(115,116)117)95(108)90(65-105)126-102)97(110)94(107)92(128-104)71-125-131(113,114)124-69-89(121-64-60-87(20)56-32-52-83(16)48-28-44-79(12)40-24-36-75(7)8)67-119-62-58-85(18)54-30-50-81(14)46-26-42-77(10)38-22-34-73(3)4/h72-112H,21-71H2,1-20H3,(H,113,114)(H,115,116,117)/t76-,77-,78-,79-,80-,81-,82-,83-,84-,85-,86-,87-,88+,89+,90-,91-,92-,93-,94-,95+,96+,97+,98+,99-,100+,101-,102-,103-,104+/m1/s1. The van der Waals surface area contributed by atoms with Gasteiger partial charge in [0.25, 0.3) is 0 Å². The van der Waals surface area contributed by atoms with Gasteiger partial charge in [-0.3, -0.25) is 13.6 Å². The molecule has 3 heterocycles. The fraction of sp³-hybridized carbons (Fsp3) is 1.00. The molecule has 3 fully saturated rings. The summed E-state index contributed by atoms with van der Waals surface area (Å²) in [6.07, 6.45) is 16.5. The molecule has 132 heavy (non-hydrogen) atoms. The number of ether oxygens (including phenoxy) is 10. The summed E-state index contributed by atoms with van der Waals surface area (Å²) in [6, 6.07) is 0. The van der Waals surface area contributed by atoms with Gasteiger partial charge in [0.15, 0.2) is 18.9 Å². The molecule has 3 saturated heterocycles. The molecule has 0 amide bonds. The van der Waals surface area contributed by atoms with Crippen LogP contribution in [0.1, 0.15) is 395 Å². The molecule has 0 bridgehead atoms. The zero-order valence-corrected chi connectivity index (χ0v) is 88.7. The van der Waals surface area contributed by atoms with Crippen molar-refractivity contribution in [3.05, 3.63) is 0 Å². The van der Waals surface area contributed by atoms with Crippen molar-refractivity contribution in [2.45, 2.75) is 500 Å². The van der Waals surface area contributed by atoms with Crippen molar-refractivity contribution >= 4 is 18.2 Å². The van der Waals surface area contributed by atoms with E-state index in [4.69, 9.17) is 56.4 Å². The van der Waals surface area contributed by atoms with Crippen molar-refractivity contribution < 1.29 is 124 Å². The van der Waals surface area contributed by atoms with Gasteiger partial charge in [0.2, 0.25) is 0 Å². The highest BCUT2D eigenvalue weighted by molar-refractivity contribution is 7.80. The average Bonchev–Trinajstić information content (AvgIpc) is 0.785. The van der Waals surface area contributed by atoms with Crippen LogP contribution in [0.5, 0.6) is 0 Å². The minimum atomic E-state index is -5.30. The first-order chi connectivity index (χ1) is 62.5. The number of aliphatic hydroxyl groups excluding tert-OH is 8. The van der Waals surface area contributed by atoms with Gasteiger partial charge in [-0.2, -0.15) is 8.42 Å². The van der Waals surface area contributed by atoms with E-state index >= 15 is 0 Å². The fourth-order valence-corrected chi connectivity index (χ4v) is 20.0. The fourth-order valence-electron chi connectivity index (χ4n) is 18.8. The van der Waals surface area contributed by atoms with E-state index in [0.717, 1.165) is 137 Å². The van der Waals surface area contributed by atoms with Crippen molar-refractivity contribution in [1.82, 2.24) is 0 Å². The van der Waals surface area contributed by atoms with E-state index in [0.29, 0.717) is 73.8 Å². The first-order valence-electron chi connectivity index (χ1n) is 53.3. The number of aliphatic hydroxyl groups is 8. The van der Waals surface area contributed by atoms with Crippen LogP contribution in [0.2, 0.25) is 0 Å². The van der Waals surface area contributed by atoms with Crippen molar-refractivity contribution in [1.29, 1.82) is 0 Å². The van der Waals surface area contributed by atoms with E-state index in [1.54, 1.807) is 0 Å². The molecule has 10 N–H and O–H groups in total. The van der Waals surface area contributed by atoms with Gasteiger partial charge in [0.1, 0.15) is 85.5 Å². The molecule has 0 aromatic rings. The van der Waals surface area contributed by atoms with E-state index in [9.17, 15) is 63.3 Å². The third kappa shape index (κ3) is 58.7. The number of hydrogen-bond acceptors (Lipinski definition) is 24. The van der Waals surface area contributed by atoms with Gasteiger partial charge >= 0.3 is 18.2 Å². The molecule has 26 nitrogen and oxygen atoms in total. The van der Waals surface area contributed by atoms with Crippen LogP contribution in [-0.2, 0) is 75.6 Å². The van der Waals surface area contributed by atoms with Gasteiger partial charge in [0.05, 0.1) is 46.2 Å². The number of hydrogen-bond donors (Lipinski definition) is 10. The summed E-state index contributed by atoms with van der Waals surface area (Å²) in [7, 11) is -10.3. The summed E-state index contributed by atoms with van der Waals surface area (Å²) in [6.45, 7) is 44.8. The topological polar surface area (TPSA) is 374 Å². The normalized spacial score (nSPS) is 26.7. The Labute approximate surface area is 804 Å². The maximum absolute atomic E-state index is 14.2. The number of phosphoric acid groups is 1. The zero-order valence-electron chi connectivity index (χ0n) is 87.0. The lowest BCUT2D eigenvalue weighted by atomic mass is 9.91. The van der Waals surface area contributed by atoms with E-state index < -0.39 is 149 Å². The van der Waals surface area contributed by atoms with Crippen molar-refractivity contribution in [3.63, 3.8) is 0 Å². The molecule has 0 radical (unpaired) electrons. The summed E-state index contributed by atoms with van der Waals surface area (Å²) in [5.41, 5.74) is 0. The first-order valence-corrected chi connectivity index (χ1v) is 56.2. The van der Waals surface area contributed by atoms with E-state index in [1.165, 1.54) is 167 Å². The summed E-state index contributed by atoms with van der Waals surface area (Å²) >= 11 is 0. The van der Waals surface area contributed by atoms with Crippen molar-refractivity contribution in [2.24, 2.45) is 94.7 Å². The van der Waals surface area contributed by atoms with Crippen LogP contribution in [0, 0.1) is 94.7 Å². The van der Waals surface area contributed by atoms with Gasteiger partial charge in [-0.1, -0.05) is 370 Å². The minimum absolute atomic E-state index is 0.0725. The SMILES string of the molecule is CC(C)CCC[C@@H](C)CCC[C@@H](C)CCC[C@@H](C)CCOC[C@@H](CO[C@H]1O[C@H](COP(=O)(O)OC[C@H](COCC[C@H](C)CCC[C@H](C)CCC[C@H](C)CCCC(C)C)OCC[C@H](C)CCC[C@H](C)CCC[C@H](C)CCCC(C)C)[C@@H](O)[C@H](O)[C@H]1O[C@H]1O[C@H](CO[C@@H]2O[C@H](CO)[C@H](O)[C@H](OS(=O)(=O)O)[C@H]2O)[C@@H](O)[C@H](O)[C@@H]1O)OCC[C@H](C)CCC[C@H](C)CCC[C@H](C)CCCC(C)C. The molecule has 0 saturated carbocycles. The number of phosphoric ester groups is 1. The van der Waals surface area contributed by atoms with Gasteiger partial charge in [0, 0.05) is 26.4 Å². The lowest BCUT2D eigenvalue weighted by Crippen LogP contribution is -2.65. The molecule has 788 valence electrons. The smallest absolute Gasteiger partial charge is 0.394 e. The Morgan fingerprint density at radius 2 is 0.591 bits per heavy atom. The molecule has 0 aromatic carbocycles. The first kappa shape index (κ1) is 125. The quantitative estimate of drug-likeness (QED) is 0.0154. The third-order valence-electron chi connectivity index (χ3n) is 28.5. The molecule has 1 unspecified atom stereocenters. The van der Waals surface area contributed by atoms with Crippen LogP contribution in [0.4, 0.5) is 0 Å². The highest BCUT2D eigenvalue weighted by atomic mass is 32.3. The van der Waals surface area contributed by atoms with Gasteiger partial charge < -0.3 is 93.1 Å². The molecule has 3 aliphatic rings. The summed E-state index contributed by atoms with van der Waals surface area (Å²) in [5.74, 6) is 10.1. The average molecular weight is 1930 g/mol. The molecule has 3 rings (SSSR count). The molecule has 28 heteroatoms. The van der Waals surface area contributed by atoms with Crippen molar-refractivity contribution in [3.8, 4) is 0 Å². The predicted octanol–water partition coefficient (Wildman–Crippen LogP) is 21.1. The highest BCUT2D eigenvalue weighted by Gasteiger charge is 2.53. The predicted molar refractivity (Wildman–Crippen MR) is 525 cm³/mol. The summed E-state index contributed by atoms with van der Waals surface area (Å²) in [5, 5.41) is 90.6. The largest absolute Gasteiger partial charge is 0.472 e. The summed E-state index contributed by atoms with van der Waals surface area (Å²) in [4.78, 5) is 11.6. The Kier molecular flexibility index (Phi) is 68.1. The Morgan fingerprint density at radius 3 is 0.924 bits per heavy atom. The van der Waals surface area contributed by atoms with Crippen LogP contribution in [0.25, 0.3) is 0 Å². The Bertz CT molecular complexity index is 2910. The minimum Gasteiger partial charge on any atom is -0.394 e. The maximum Gasteiger partial charge on any atom is 0.472 e.